The zero-order chi connectivity index (χ0) is 32.8. The molecule has 1 atom stereocenters. The summed E-state index contributed by atoms with van der Waals surface area (Å²) in [5.74, 6) is -1.19. The summed E-state index contributed by atoms with van der Waals surface area (Å²) in [5.41, 5.74) is 3.22. The molecule has 1 aromatic heterocycles. The Morgan fingerprint density at radius 2 is 1.62 bits per heavy atom. The molecule has 0 spiro atoms. The third kappa shape index (κ3) is 7.48. The van der Waals surface area contributed by atoms with E-state index in [-0.39, 0.29) is 29.8 Å². The van der Waals surface area contributed by atoms with Crippen molar-refractivity contribution in [1.82, 2.24) is 15.6 Å². The molecule has 2 heterocycles. The maximum atomic E-state index is 13.6. The topological polar surface area (TPSA) is 136 Å². The van der Waals surface area contributed by atoms with Crippen LogP contribution in [0, 0.1) is 0 Å². The van der Waals surface area contributed by atoms with Gasteiger partial charge in [0.25, 0.3) is 17.7 Å². The number of nitrogens with one attached hydrogen (secondary N) is 4. The fourth-order valence-electron chi connectivity index (χ4n) is 4.93. The number of aromatic nitrogens is 1. The lowest BCUT2D eigenvalue weighted by Crippen LogP contribution is -2.35. The van der Waals surface area contributed by atoms with Gasteiger partial charge in [0.1, 0.15) is 11.5 Å². The van der Waals surface area contributed by atoms with Crippen LogP contribution >= 0.6 is 11.8 Å². The van der Waals surface area contributed by atoms with Crippen molar-refractivity contribution in [2.45, 2.75) is 23.5 Å². The molecular formula is C36H30N6O4S. The molecule has 6 rings (SSSR count). The summed E-state index contributed by atoms with van der Waals surface area (Å²) in [4.78, 5) is 56.1. The number of benzene rings is 4. The number of hydrazone groups is 1. The van der Waals surface area contributed by atoms with Crippen molar-refractivity contribution < 1.29 is 19.2 Å². The first-order chi connectivity index (χ1) is 22.8. The van der Waals surface area contributed by atoms with E-state index in [0.717, 1.165) is 21.4 Å². The monoisotopic (exact) mass is 642 g/mol. The normalized spacial score (nSPS) is 13.6. The van der Waals surface area contributed by atoms with E-state index in [2.05, 4.69) is 26.0 Å². The Balaban J connectivity index is 1.15. The van der Waals surface area contributed by atoms with Crippen LogP contribution in [-0.4, -0.2) is 39.7 Å². The maximum Gasteiger partial charge on any atom is 0.272 e. The number of carbonyl (C=O) groups is 4. The van der Waals surface area contributed by atoms with E-state index in [4.69, 9.17) is 0 Å². The van der Waals surface area contributed by atoms with Gasteiger partial charge in [-0.15, -0.1) is 11.8 Å². The quantitative estimate of drug-likeness (QED) is 0.117. The Kier molecular flexibility index (Phi) is 9.26. The minimum Gasteiger partial charge on any atom is -0.361 e. The van der Waals surface area contributed by atoms with Crippen LogP contribution in [-0.2, 0) is 14.4 Å². The fraction of sp³-hybridized carbons (Fsp3) is 0.0833. The first-order valence-electron chi connectivity index (χ1n) is 14.8. The van der Waals surface area contributed by atoms with E-state index >= 15 is 0 Å². The van der Waals surface area contributed by atoms with Crippen molar-refractivity contribution in [2.75, 3.05) is 10.3 Å². The molecule has 11 heteroatoms. The maximum absolute atomic E-state index is 13.6. The lowest BCUT2D eigenvalue weighted by atomic mass is 10.1. The highest BCUT2D eigenvalue weighted by Crippen LogP contribution is 2.27. The predicted molar refractivity (Wildman–Crippen MR) is 185 cm³/mol. The highest BCUT2D eigenvalue weighted by atomic mass is 32.2. The third-order valence-electron chi connectivity index (χ3n) is 7.27. The molecule has 0 saturated heterocycles. The van der Waals surface area contributed by atoms with E-state index in [1.54, 1.807) is 73.8 Å². The molecule has 0 radical (unpaired) electrons. The summed E-state index contributed by atoms with van der Waals surface area (Å²) < 4.78 is 0. The summed E-state index contributed by atoms with van der Waals surface area (Å²) >= 11 is 1.29. The Bertz CT molecular complexity index is 2020. The van der Waals surface area contributed by atoms with Gasteiger partial charge < -0.3 is 20.9 Å². The van der Waals surface area contributed by atoms with Gasteiger partial charge in [-0.3, -0.25) is 19.2 Å². The SMILES string of the molecule is CC(Sc1cccc(NC(=O)/C(=C/c2c[nH]c3ccccc23)NC(=O)c2ccccc2)c1)C(=O)NC1=NN(c2ccccc2)C(=O)C1. The van der Waals surface area contributed by atoms with Crippen LogP contribution in [0.4, 0.5) is 11.4 Å². The Morgan fingerprint density at radius 1 is 0.894 bits per heavy atom. The molecule has 1 aliphatic heterocycles. The van der Waals surface area contributed by atoms with E-state index in [0.29, 0.717) is 16.9 Å². The van der Waals surface area contributed by atoms with Crippen LogP contribution < -0.4 is 21.0 Å². The minimum atomic E-state index is -0.535. The first-order valence-corrected chi connectivity index (χ1v) is 15.7. The molecule has 47 heavy (non-hydrogen) atoms. The number of anilines is 2. The smallest absolute Gasteiger partial charge is 0.272 e. The number of thioether (sulfide) groups is 1. The largest absolute Gasteiger partial charge is 0.361 e. The third-order valence-corrected chi connectivity index (χ3v) is 8.36. The number of aromatic amines is 1. The second-order valence-corrected chi connectivity index (χ2v) is 12.1. The molecule has 0 bridgehead atoms. The van der Waals surface area contributed by atoms with Crippen molar-refractivity contribution in [3.8, 4) is 0 Å². The van der Waals surface area contributed by atoms with Gasteiger partial charge in [0.15, 0.2) is 0 Å². The number of nitrogens with zero attached hydrogens (tertiary/aromatic N) is 2. The predicted octanol–water partition coefficient (Wildman–Crippen LogP) is 5.92. The van der Waals surface area contributed by atoms with Gasteiger partial charge in [-0.05, 0) is 61.5 Å². The molecule has 5 aromatic rings. The van der Waals surface area contributed by atoms with Gasteiger partial charge >= 0.3 is 0 Å². The lowest BCUT2D eigenvalue weighted by Gasteiger charge is -2.14. The second kappa shape index (κ2) is 14.0. The summed E-state index contributed by atoms with van der Waals surface area (Å²) in [6.45, 7) is 1.75. The molecule has 0 saturated carbocycles. The summed E-state index contributed by atoms with van der Waals surface area (Å²) in [5, 5.41) is 14.3. The standard InChI is InChI=1S/C36H30N6O4S/c1-23(34(44)40-32-21-33(43)42(41-32)27-14-6-3-7-15-27)47-28-16-10-13-26(20-28)38-36(46)31(39-35(45)24-11-4-2-5-12-24)19-25-22-37-30-18-9-8-17-29(25)30/h2-20,22-23,37H,21H2,1H3,(H,38,46)(H,39,45)(H,40,41,44)/b31-19-. The van der Waals surface area contributed by atoms with Gasteiger partial charge in [-0.1, -0.05) is 60.7 Å². The zero-order valence-electron chi connectivity index (χ0n) is 25.3. The highest BCUT2D eigenvalue weighted by Gasteiger charge is 2.27. The van der Waals surface area contributed by atoms with E-state index in [1.165, 1.54) is 16.8 Å². The van der Waals surface area contributed by atoms with Crippen LogP contribution in [0.3, 0.4) is 0 Å². The molecule has 0 aliphatic carbocycles. The van der Waals surface area contributed by atoms with Gasteiger partial charge in [-0.2, -0.15) is 10.1 Å². The fourth-order valence-corrected chi connectivity index (χ4v) is 5.85. The van der Waals surface area contributed by atoms with Gasteiger partial charge in [0.2, 0.25) is 5.91 Å². The molecule has 0 fully saturated rings. The number of H-pyrrole nitrogens is 1. The highest BCUT2D eigenvalue weighted by molar-refractivity contribution is 8.00. The van der Waals surface area contributed by atoms with E-state index < -0.39 is 17.1 Å². The number of rotatable bonds is 9. The number of amides is 4. The summed E-state index contributed by atoms with van der Waals surface area (Å²) in [6, 6.07) is 32.4. The van der Waals surface area contributed by atoms with Crippen LogP contribution in [0.25, 0.3) is 17.0 Å². The van der Waals surface area contributed by atoms with Gasteiger partial charge in [0.05, 0.1) is 17.4 Å². The molecule has 4 amide bonds. The number of carbonyl (C=O) groups excluding carboxylic acids is 4. The van der Waals surface area contributed by atoms with Crippen molar-refractivity contribution >= 4 is 69.6 Å². The Hall–Kier alpha value is -5.94. The average molecular weight is 643 g/mol. The molecule has 4 N–H and O–H groups in total. The number of hydrogen-bond donors (Lipinski definition) is 4. The Labute approximate surface area is 274 Å². The number of para-hydroxylation sites is 2. The van der Waals surface area contributed by atoms with Crippen molar-refractivity contribution in [1.29, 1.82) is 0 Å². The van der Waals surface area contributed by atoms with Crippen LogP contribution in [0.15, 0.2) is 131 Å². The van der Waals surface area contributed by atoms with Gasteiger partial charge in [-0.25, -0.2) is 0 Å². The summed E-state index contributed by atoms with van der Waals surface area (Å²) in [6.07, 6.45) is 3.41. The number of hydrogen-bond acceptors (Lipinski definition) is 6. The van der Waals surface area contributed by atoms with Gasteiger partial charge in [0, 0.05) is 38.8 Å². The van der Waals surface area contributed by atoms with E-state index in [1.807, 2.05) is 54.6 Å². The van der Waals surface area contributed by atoms with Crippen LogP contribution in [0.1, 0.15) is 29.3 Å². The molecule has 10 nitrogen and oxygen atoms in total. The van der Waals surface area contributed by atoms with E-state index in [9.17, 15) is 19.2 Å². The van der Waals surface area contributed by atoms with Crippen molar-refractivity contribution in [2.24, 2.45) is 5.10 Å². The van der Waals surface area contributed by atoms with Crippen LogP contribution in [0.2, 0.25) is 0 Å². The van der Waals surface area contributed by atoms with Crippen molar-refractivity contribution in [3.05, 3.63) is 132 Å². The zero-order valence-corrected chi connectivity index (χ0v) is 26.1. The molecule has 234 valence electrons. The summed E-state index contributed by atoms with van der Waals surface area (Å²) in [7, 11) is 0. The second-order valence-electron chi connectivity index (χ2n) is 10.7. The molecule has 1 unspecified atom stereocenters. The molecular weight excluding hydrogens is 613 g/mol. The van der Waals surface area contributed by atoms with Crippen LogP contribution in [0.5, 0.6) is 0 Å². The average Bonchev–Trinajstić information content (AvgIpc) is 3.67. The van der Waals surface area contributed by atoms with Crippen molar-refractivity contribution in [3.63, 3.8) is 0 Å². The molecule has 1 aliphatic rings. The lowest BCUT2D eigenvalue weighted by molar-refractivity contribution is -0.119. The minimum absolute atomic E-state index is 0.00521. The number of amidine groups is 1. The number of fused-ring (bicyclic) bond motifs is 1. The molecule has 4 aromatic carbocycles. The Morgan fingerprint density at radius 3 is 2.40 bits per heavy atom. The first kappa shape index (κ1) is 31.1.